The Labute approximate surface area is 156 Å². The van der Waals surface area contributed by atoms with E-state index < -0.39 is 10.0 Å². The van der Waals surface area contributed by atoms with E-state index in [4.69, 9.17) is 4.74 Å². The Morgan fingerprint density at radius 3 is 2.54 bits per heavy atom. The third-order valence-corrected chi connectivity index (χ3v) is 5.89. The summed E-state index contributed by atoms with van der Waals surface area (Å²) in [5.41, 5.74) is 0.683. The van der Waals surface area contributed by atoms with Crippen molar-refractivity contribution >= 4 is 15.9 Å². The predicted octanol–water partition coefficient (Wildman–Crippen LogP) is 2.76. The first-order valence-electron chi connectivity index (χ1n) is 9.30. The van der Waals surface area contributed by atoms with Gasteiger partial charge in [0.05, 0.1) is 4.90 Å². The Bertz CT molecular complexity index is 710. The molecule has 0 aliphatic heterocycles. The molecule has 1 fully saturated rings. The molecule has 6 nitrogen and oxygen atoms in total. The number of ether oxygens (including phenoxy) is 1. The molecule has 1 amide bonds. The Morgan fingerprint density at radius 1 is 1.23 bits per heavy atom. The van der Waals surface area contributed by atoms with Gasteiger partial charge in [0.2, 0.25) is 10.0 Å². The summed E-state index contributed by atoms with van der Waals surface area (Å²) in [7, 11) is -3.53. The maximum Gasteiger partial charge on any atom is 0.258 e. The van der Waals surface area contributed by atoms with Crippen LogP contribution in [0.1, 0.15) is 51.5 Å². The number of amides is 1. The molecule has 0 spiro atoms. The Kier molecular flexibility index (Phi) is 7.46. The lowest BCUT2D eigenvalue weighted by Gasteiger charge is -2.22. The molecule has 1 aromatic rings. The third kappa shape index (κ3) is 6.29. The minimum absolute atomic E-state index is 0.0605. The summed E-state index contributed by atoms with van der Waals surface area (Å²) in [6.07, 6.45) is 5.61. The summed E-state index contributed by atoms with van der Waals surface area (Å²) in [5, 5.41) is 3.00. The van der Waals surface area contributed by atoms with Crippen molar-refractivity contribution < 1.29 is 17.9 Å². The lowest BCUT2D eigenvalue weighted by Crippen LogP contribution is -2.39. The van der Waals surface area contributed by atoms with Gasteiger partial charge in [0.1, 0.15) is 5.75 Å². The highest BCUT2D eigenvalue weighted by atomic mass is 32.2. The molecule has 1 aliphatic rings. The largest absolute Gasteiger partial charge is 0.484 e. The van der Waals surface area contributed by atoms with Crippen molar-refractivity contribution in [2.75, 3.05) is 13.2 Å². The fourth-order valence-electron chi connectivity index (χ4n) is 2.97. The molecule has 1 aromatic carbocycles. The smallest absolute Gasteiger partial charge is 0.258 e. The van der Waals surface area contributed by atoms with E-state index in [1.807, 2.05) is 13.8 Å². The van der Waals surface area contributed by atoms with Crippen molar-refractivity contribution in [2.45, 2.75) is 63.8 Å². The molecule has 146 valence electrons. The predicted molar refractivity (Wildman–Crippen MR) is 102 cm³/mol. The van der Waals surface area contributed by atoms with E-state index in [0.29, 0.717) is 17.9 Å². The van der Waals surface area contributed by atoms with Crippen LogP contribution >= 0.6 is 0 Å². The molecule has 0 unspecified atom stereocenters. The van der Waals surface area contributed by atoms with Crippen molar-refractivity contribution in [3.63, 3.8) is 0 Å². The van der Waals surface area contributed by atoms with E-state index >= 15 is 0 Å². The number of hydrogen-bond donors (Lipinski definition) is 2. The van der Waals surface area contributed by atoms with Gasteiger partial charge < -0.3 is 10.1 Å². The number of aryl methyl sites for hydroxylation is 1. The van der Waals surface area contributed by atoms with Gasteiger partial charge >= 0.3 is 0 Å². The van der Waals surface area contributed by atoms with Gasteiger partial charge in [-0.3, -0.25) is 4.79 Å². The van der Waals surface area contributed by atoms with Crippen molar-refractivity contribution in [3.8, 4) is 5.75 Å². The van der Waals surface area contributed by atoms with Crippen LogP contribution in [-0.4, -0.2) is 33.5 Å². The second-order valence-corrected chi connectivity index (χ2v) is 9.13. The molecular formula is C19H30N2O4S. The minimum atomic E-state index is -3.53. The molecule has 26 heavy (non-hydrogen) atoms. The van der Waals surface area contributed by atoms with Crippen LogP contribution in [0.2, 0.25) is 0 Å². The average Bonchev–Trinajstić information content (AvgIpc) is 2.60. The quantitative estimate of drug-likeness (QED) is 0.724. The highest BCUT2D eigenvalue weighted by Gasteiger charge is 2.18. The summed E-state index contributed by atoms with van der Waals surface area (Å²) in [6.45, 7) is 6.00. The van der Waals surface area contributed by atoms with E-state index in [0.717, 1.165) is 25.7 Å². The summed E-state index contributed by atoms with van der Waals surface area (Å²) < 4.78 is 32.7. The second-order valence-electron chi connectivity index (χ2n) is 7.36. The molecule has 0 atom stereocenters. The first-order chi connectivity index (χ1) is 12.3. The summed E-state index contributed by atoms with van der Waals surface area (Å²) >= 11 is 0. The van der Waals surface area contributed by atoms with E-state index in [-0.39, 0.29) is 29.4 Å². The molecule has 1 saturated carbocycles. The number of carbonyl (C=O) groups excluding carboxylic acids is 1. The van der Waals surface area contributed by atoms with Crippen LogP contribution < -0.4 is 14.8 Å². The van der Waals surface area contributed by atoms with Crippen LogP contribution in [0.3, 0.4) is 0 Å². The van der Waals surface area contributed by atoms with Crippen LogP contribution in [0.5, 0.6) is 5.75 Å². The van der Waals surface area contributed by atoms with Gasteiger partial charge in [-0.25, -0.2) is 13.1 Å². The summed E-state index contributed by atoms with van der Waals surface area (Å²) in [4.78, 5) is 12.2. The van der Waals surface area contributed by atoms with Gasteiger partial charge in [-0.2, -0.15) is 0 Å². The molecule has 1 aliphatic carbocycles. The van der Waals surface area contributed by atoms with E-state index in [1.54, 1.807) is 19.1 Å². The van der Waals surface area contributed by atoms with Crippen LogP contribution in [0, 0.1) is 12.8 Å². The van der Waals surface area contributed by atoms with Gasteiger partial charge in [0.25, 0.3) is 5.91 Å². The fraction of sp³-hybridized carbons (Fsp3) is 0.632. The van der Waals surface area contributed by atoms with Gasteiger partial charge in [-0.15, -0.1) is 0 Å². The maximum atomic E-state index is 12.3. The van der Waals surface area contributed by atoms with E-state index in [2.05, 4.69) is 10.0 Å². The molecule has 0 bridgehead atoms. The topological polar surface area (TPSA) is 84.5 Å². The van der Waals surface area contributed by atoms with Crippen LogP contribution in [0.25, 0.3) is 0 Å². The molecule has 2 rings (SSSR count). The van der Waals surface area contributed by atoms with Crippen molar-refractivity contribution in [1.29, 1.82) is 0 Å². The van der Waals surface area contributed by atoms with Gasteiger partial charge in [0.15, 0.2) is 6.61 Å². The molecule has 2 N–H and O–H groups in total. The van der Waals surface area contributed by atoms with E-state index in [1.165, 1.54) is 12.5 Å². The number of nitrogens with one attached hydrogen (secondary N) is 2. The molecule has 7 heteroatoms. The third-order valence-electron chi connectivity index (χ3n) is 4.47. The Balaban J connectivity index is 1.91. The Hall–Kier alpha value is -1.60. The second kappa shape index (κ2) is 9.37. The number of sulfonamides is 1. The number of carbonyl (C=O) groups is 1. The standard InChI is InChI=1S/C19H30N2O4S/c1-14(2)12-20-26(23,24)17-9-10-18(15(3)11-17)25-13-19(22)21-16-7-5-4-6-8-16/h9-11,14,16,20H,4-8,12-13H2,1-3H3,(H,21,22). The van der Waals surface area contributed by atoms with Crippen molar-refractivity contribution in [2.24, 2.45) is 5.92 Å². The average molecular weight is 383 g/mol. The molecule has 0 heterocycles. The molecular weight excluding hydrogens is 352 g/mol. The first kappa shape index (κ1) is 20.7. The highest BCUT2D eigenvalue weighted by Crippen LogP contribution is 2.22. The summed E-state index contributed by atoms with van der Waals surface area (Å²) in [5.74, 6) is 0.620. The lowest BCUT2D eigenvalue weighted by atomic mass is 9.95. The monoisotopic (exact) mass is 382 g/mol. The van der Waals surface area contributed by atoms with Crippen LogP contribution in [0.4, 0.5) is 0 Å². The fourth-order valence-corrected chi connectivity index (χ4v) is 4.27. The lowest BCUT2D eigenvalue weighted by molar-refractivity contribution is -0.124. The van der Waals surface area contributed by atoms with Gasteiger partial charge in [-0.05, 0) is 49.4 Å². The maximum absolute atomic E-state index is 12.3. The number of hydrogen-bond acceptors (Lipinski definition) is 4. The minimum Gasteiger partial charge on any atom is -0.484 e. The molecule has 0 radical (unpaired) electrons. The van der Waals surface area contributed by atoms with Crippen molar-refractivity contribution in [1.82, 2.24) is 10.0 Å². The molecule has 0 saturated heterocycles. The zero-order chi connectivity index (χ0) is 19.2. The first-order valence-corrected chi connectivity index (χ1v) is 10.8. The number of benzene rings is 1. The SMILES string of the molecule is Cc1cc(S(=O)(=O)NCC(C)C)ccc1OCC(=O)NC1CCCCC1. The van der Waals surface area contributed by atoms with Crippen molar-refractivity contribution in [3.05, 3.63) is 23.8 Å². The van der Waals surface area contributed by atoms with Gasteiger partial charge in [0, 0.05) is 12.6 Å². The zero-order valence-corrected chi connectivity index (χ0v) is 16.7. The molecule has 0 aromatic heterocycles. The van der Waals surface area contributed by atoms with Crippen LogP contribution in [0.15, 0.2) is 23.1 Å². The normalized spacial score (nSPS) is 15.8. The van der Waals surface area contributed by atoms with E-state index in [9.17, 15) is 13.2 Å². The summed E-state index contributed by atoms with van der Waals surface area (Å²) in [6, 6.07) is 4.93. The highest BCUT2D eigenvalue weighted by molar-refractivity contribution is 7.89. The van der Waals surface area contributed by atoms with Crippen LogP contribution in [-0.2, 0) is 14.8 Å². The zero-order valence-electron chi connectivity index (χ0n) is 15.9. The Morgan fingerprint density at radius 2 is 1.92 bits per heavy atom. The number of rotatable bonds is 8. The van der Waals surface area contributed by atoms with Gasteiger partial charge in [-0.1, -0.05) is 33.1 Å².